The Hall–Kier alpha value is -1.03. The van der Waals surface area contributed by atoms with E-state index in [1.165, 1.54) is 0 Å². The number of benzene rings is 1. The van der Waals surface area contributed by atoms with Gasteiger partial charge in [-0.05, 0) is 25.3 Å². The lowest BCUT2D eigenvalue weighted by atomic mass is 9.91. The van der Waals surface area contributed by atoms with E-state index in [2.05, 4.69) is 5.32 Å². The van der Waals surface area contributed by atoms with Gasteiger partial charge in [0.05, 0.1) is 0 Å². The van der Waals surface area contributed by atoms with E-state index in [9.17, 15) is 13.2 Å². The molecule has 0 aliphatic heterocycles. The summed E-state index contributed by atoms with van der Waals surface area (Å²) in [7, 11) is 0. The lowest BCUT2D eigenvalue weighted by molar-refractivity contribution is 0.348. The number of hydrogen-bond acceptors (Lipinski definition) is 1. The summed E-state index contributed by atoms with van der Waals surface area (Å²) in [4.78, 5) is 0. The van der Waals surface area contributed by atoms with Crippen LogP contribution in [0.25, 0.3) is 0 Å². The van der Waals surface area contributed by atoms with Crippen molar-refractivity contribution in [1.82, 2.24) is 5.32 Å². The highest BCUT2D eigenvalue weighted by atomic mass is 19.1. The predicted molar refractivity (Wildman–Crippen MR) is 64.7 cm³/mol. The molecule has 1 saturated carbocycles. The van der Waals surface area contributed by atoms with Crippen LogP contribution in [0.2, 0.25) is 0 Å². The number of nitrogens with one attached hydrogen (secondary N) is 1. The Morgan fingerprint density at radius 3 is 2.22 bits per heavy atom. The molecule has 1 unspecified atom stereocenters. The highest BCUT2D eigenvalue weighted by molar-refractivity contribution is 5.25. The Morgan fingerprint density at radius 1 is 1.17 bits per heavy atom. The Morgan fingerprint density at radius 2 is 1.72 bits per heavy atom. The summed E-state index contributed by atoms with van der Waals surface area (Å²) in [6, 6.07) is 1.17. The fourth-order valence-electron chi connectivity index (χ4n) is 2.87. The Labute approximate surface area is 105 Å². The summed E-state index contributed by atoms with van der Waals surface area (Å²) >= 11 is 0. The molecule has 1 aromatic rings. The lowest BCUT2D eigenvalue weighted by Gasteiger charge is -2.25. The van der Waals surface area contributed by atoms with Gasteiger partial charge < -0.3 is 5.32 Å². The van der Waals surface area contributed by atoms with Gasteiger partial charge in [0.1, 0.15) is 17.5 Å². The van der Waals surface area contributed by atoms with Crippen molar-refractivity contribution in [3.8, 4) is 0 Å². The van der Waals surface area contributed by atoms with Crippen molar-refractivity contribution in [3.63, 3.8) is 0 Å². The zero-order valence-corrected chi connectivity index (χ0v) is 10.5. The molecule has 4 heteroatoms. The maximum atomic E-state index is 13.8. The van der Waals surface area contributed by atoms with Crippen molar-refractivity contribution in [3.05, 3.63) is 35.1 Å². The molecule has 1 atom stereocenters. The van der Waals surface area contributed by atoms with E-state index in [1.807, 2.05) is 6.92 Å². The third kappa shape index (κ3) is 2.69. The maximum Gasteiger partial charge on any atom is 0.133 e. The molecule has 1 fully saturated rings. The minimum atomic E-state index is -0.865. The molecule has 0 aromatic heterocycles. The van der Waals surface area contributed by atoms with E-state index in [0.29, 0.717) is 6.54 Å². The van der Waals surface area contributed by atoms with Crippen molar-refractivity contribution in [2.24, 2.45) is 5.92 Å². The largest absolute Gasteiger partial charge is 0.310 e. The van der Waals surface area contributed by atoms with Gasteiger partial charge in [-0.25, -0.2) is 13.2 Å². The SMILES string of the molecule is CCNC(c1c(F)cc(F)cc1F)C1CCCC1. The monoisotopic (exact) mass is 257 g/mol. The summed E-state index contributed by atoms with van der Waals surface area (Å²) in [5.74, 6) is -2.20. The van der Waals surface area contributed by atoms with E-state index in [0.717, 1.165) is 37.8 Å². The Balaban J connectivity index is 2.35. The van der Waals surface area contributed by atoms with Gasteiger partial charge in [-0.15, -0.1) is 0 Å². The smallest absolute Gasteiger partial charge is 0.133 e. The van der Waals surface area contributed by atoms with Gasteiger partial charge in [-0.3, -0.25) is 0 Å². The molecule has 0 spiro atoms. The summed E-state index contributed by atoms with van der Waals surface area (Å²) in [6.45, 7) is 2.54. The zero-order valence-electron chi connectivity index (χ0n) is 10.5. The molecule has 0 radical (unpaired) electrons. The van der Waals surface area contributed by atoms with Gasteiger partial charge in [0.15, 0.2) is 0 Å². The molecule has 2 rings (SSSR count). The van der Waals surface area contributed by atoms with Crippen molar-refractivity contribution in [1.29, 1.82) is 0 Å². The minimum Gasteiger partial charge on any atom is -0.310 e. The number of rotatable bonds is 4. The summed E-state index contributed by atoms with van der Waals surface area (Å²) < 4.78 is 40.6. The highest BCUT2D eigenvalue weighted by Crippen LogP contribution is 2.37. The van der Waals surface area contributed by atoms with Crippen LogP contribution in [-0.4, -0.2) is 6.54 Å². The fourth-order valence-corrected chi connectivity index (χ4v) is 2.87. The van der Waals surface area contributed by atoms with E-state index < -0.39 is 17.5 Å². The van der Waals surface area contributed by atoms with Crippen molar-refractivity contribution >= 4 is 0 Å². The third-order valence-corrected chi connectivity index (χ3v) is 3.65. The highest BCUT2D eigenvalue weighted by Gasteiger charge is 2.30. The third-order valence-electron chi connectivity index (χ3n) is 3.65. The fraction of sp³-hybridized carbons (Fsp3) is 0.571. The summed E-state index contributed by atoms with van der Waals surface area (Å²) in [5, 5.41) is 3.14. The Bertz CT molecular complexity index is 390. The van der Waals surface area contributed by atoms with Gasteiger partial charge in [-0.1, -0.05) is 19.8 Å². The van der Waals surface area contributed by atoms with Gasteiger partial charge in [0.2, 0.25) is 0 Å². The molecule has 100 valence electrons. The molecule has 1 aliphatic carbocycles. The first-order valence-corrected chi connectivity index (χ1v) is 6.51. The molecular weight excluding hydrogens is 239 g/mol. The molecule has 1 nitrogen and oxygen atoms in total. The van der Waals surface area contributed by atoms with Crippen LogP contribution in [0.15, 0.2) is 12.1 Å². The molecule has 0 bridgehead atoms. The van der Waals surface area contributed by atoms with Crippen LogP contribution >= 0.6 is 0 Å². The molecule has 1 aromatic carbocycles. The Kier molecular flexibility index (Phi) is 4.27. The van der Waals surface area contributed by atoms with E-state index in [4.69, 9.17) is 0 Å². The van der Waals surface area contributed by atoms with Crippen LogP contribution in [0.5, 0.6) is 0 Å². The van der Waals surface area contributed by atoms with Crippen LogP contribution < -0.4 is 5.32 Å². The summed E-state index contributed by atoms with van der Waals surface area (Å²) in [6.07, 6.45) is 4.12. The second-order valence-corrected chi connectivity index (χ2v) is 4.86. The molecule has 0 heterocycles. The average molecular weight is 257 g/mol. The average Bonchev–Trinajstić information content (AvgIpc) is 2.79. The van der Waals surface area contributed by atoms with Crippen LogP contribution in [0.1, 0.15) is 44.2 Å². The lowest BCUT2D eigenvalue weighted by Crippen LogP contribution is -2.29. The van der Waals surface area contributed by atoms with E-state index >= 15 is 0 Å². The molecule has 1 N–H and O–H groups in total. The van der Waals surface area contributed by atoms with Crippen molar-refractivity contribution in [2.75, 3.05) is 6.54 Å². The number of halogens is 3. The number of hydrogen-bond donors (Lipinski definition) is 1. The topological polar surface area (TPSA) is 12.0 Å². The van der Waals surface area contributed by atoms with Crippen molar-refractivity contribution < 1.29 is 13.2 Å². The van der Waals surface area contributed by atoms with Crippen LogP contribution in [-0.2, 0) is 0 Å². The standard InChI is InChI=1S/C14H18F3N/c1-2-18-14(9-5-3-4-6-9)13-11(16)7-10(15)8-12(13)17/h7-9,14,18H,2-6H2,1H3. The molecule has 0 amide bonds. The molecule has 18 heavy (non-hydrogen) atoms. The molecule has 1 aliphatic rings. The first-order valence-electron chi connectivity index (χ1n) is 6.51. The second kappa shape index (κ2) is 5.74. The predicted octanol–water partition coefficient (Wildman–Crippen LogP) is 3.94. The molecule has 0 saturated heterocycles. The van der Waals surface area contributed by atoms with E-state index in [-0.39, 0.29) is 17.5 Å². The van der Waals surface area contributed by atoms with Crippen LogP contribution in [0.4, 0.5) is 13.2 Å². The second-order valence-electron chi connectivity index (χ2n) is 4.86. The van der Waals surface area contributed by atoms with Gasteiger partial charge in [0.25, 0.3) is 0 Å². The zero-order chi connectivity index (χ0) is 13.1. The summed E-state index contributed by atoms with van der Waals surface area (Å²) in [5.41, 5.74) is -0.00912. The van der Waals surface area contributed by atoms with Gasteiger partial charge >= 0.3 is 0 Å². The van der Waals surface area contributed by atoms with Crippen LogP contribution in [0, 0.1) is 23.4 Å². The normalized spacial score (nSPS) is 18.2. The minimum absolute atomic E-state index is 0.00912. The van der Waals surface area contributed by atoms with Gasteiger partial charge in [0, 0.05) is 23.7 Å². The quantitative estimate of drug-likeness (QED) is 0.861. The van der Waals surface area contributed by atoms with Crippen molar-refractivity contribution in [2.45, 2.75) is 38.6 Å². The van der Waals surface area contributed by atoms with E-state index in [1.54, 1.807) is 0 Å². The van der Waals surface area contributed by atoms with Gasteiger partial charge in [-0.2, -0.15) is 0 Å². The first-order chi connectivity index (χ1) is 8.63. The molecular formula is C14H18F3N. The maximum absolute atomic E-state index is 13.8. The van der Waals surface area contributed by atoms with Crippen LogP contribution in [0.3, 0.4) is 0 Å². The first kappa shape index (κ1) is 13.4.